The first kappa shape index (κ1) is 23.3. The largest absolute Gasteiger partial charge is 0.346 e. The van der Waals surface area contributed by atoms with Gasteiger partial charge in [-0.3, -0.25) is 9.69 Å². The maximum atomic E-state index is 12.7. The molecule has 1 amide bonds. The third kappa shape index (κ3) is 6.33. The second-order valence-corrected chi connectivity index (χ2v) is 9.65. The number of carbonyl (C=O) groups excluding carboxylic acids is 1. The van der Waals surface area contributed by atoms with Gasteiger partial charge >= 0.3 is 0 Å². The number of rotatable bonds is 7. The van der Waals surface area contributed by atoms with Crippen LogP contribution >= 0.6 is 0 Å². The van der Waals surface area contributed by atoms with Crippen molar-refractivity contribution in [1.82, 2.24) is 10.2 Å². The van der Waals surface area contributed by atoms with Gasteiger partial charge in [0.2, 0.25) is 0 Å². The number of carbonyl (C=O) groups is 1. The lowest BCUT2D eigenvalue weighted by atomic mass is 9.90. The van der Waals surface area contributed by atoms with Gasteiger partial charge < -0.3 is 5.32 Å². The minimum atomic E-state index is -0.0198. The predicted molar refractivity (Wildman–Crippen MR) is 136 cm³/mol. The molecular formula is C30H36N2O. The van der Waals surface area contributed by atoms with E-state index in [9.17, 15) is 4.79 Å². The molecule has 1 heterocycles. The number of hydrogen-bond acceptors (Lipinski definition) is 2. The zero-order valence-electron chi connectivity index (χ0n) is 20.2. The van der Waals surface area contributed by atoms with Crippen molar-refractivity contribution < 1.29 is 4.79 Å². The van der Waals surface area contributed by atoms with E-state index in [0.717, 1.165) is 36.7 Å². The minimum Gasteiger partial charge on any atom is -0.346 e. The summed E-state index contributed by atoms with van der Waals surface area (Å²) in [4.78, 5) is 15.3. The van der Waals surface area contributed by atoms with E-state index in [4.69, 9.17) is 0 Å². The number of piperidine rings is 1. The summed E-state index contributed by atoms with van der Waals surface area (Å²) in [5, 5.41) is 3.14. The molecule has 3 aromatic carbocycles. The van der Waals surface area contributed by atoms with Crippen LogP contribution in [0.4, 0.5) is 0 Å². The quantitative estimate of drug-likeness (QED) is 0.471. The van der Waals surface area contributed by atoms with Crippen LogP contribution in [0, 0.1) is 19.8 Å². The molecule has 33 heavy (non-hydrogen) atoms. The third-order valence-electron chi connectivity index (χ3n) is 7.08. The van der Waals surface area contributed by atoms with E-state index in [0.29, 0.717) is 0 Å². The predicted octanol–water partition coefficient (Wildman–Crippen LogP) is 6.25. The average molecular weight is 441 g/mol. The van der Waals surface area contributed by atoms with Gasteiger partial charge in [-0.05, 0) is 99.0 Å². The van der Waals surface area contributed by atoms with Gasteiger partial charge in [0.05, 0.1) is 6.04 Å². The molecule has 1 atom stereocenters. The smallest absolute Gasteiger partial charge is 0.251 e. The molecule has 0 spiro atoms. The fraction of sp³-hybridized carbons (Fsp3) is 0.367. The topological polar surface area (TPSA) is 32.3 Å². The van der Waals surface area contributed by atoms with E-state index in [-0.39, 0.29) is 11.9 Å². The Hall–Kier alpha value is -2.91. The van der Waals surface area contributed by atoms with Crippen LogP contribution in [0.15, 0.2) is 72.8 Å². The SMILES string of the molecule is Cc1ccc(C(C)NC(=O)c2ccc(CN3CCC(Cc4ccccc4)CC3)cc2)cc1C. The molecule has 1 fully saturated rings. The molecule has 1 saturated heterocycles. The van der Waals surface area contributed by atoms with Gasteiger partial charge in [-0.25, -0.2) is 0 Å². The normalized spacial score (nSPS) is 15.8. The fourth-order valence-corrected chi connectivity index (χ4v) is 4.71. The summed E-state index contributed by atoms with van der Waals surface area (Å²) in [6, 6.07) is 25.3. The number of likely N-dealkylation sites (tertiary alicyclic amines) is 1. The summed E-state index contributed by atoms with van der Waals surface area (Å²) < 4.78 is 0. The lowest BCUT2D eigenvalue weighted by Gasteiger charge is -2.32. The van der Waals surface area contributed by atoms with Crippen LogP contribution in [-0.2, 0) is 13.0 Å². The highest BCUT2D eigenvalue weighted by Crippen LogP contribution is 2.23. The van der Waals surface area contributed by atoms with Crippen LogP contribution in [0.3, 0.4) is 0 Å². The van der Waals surface area contributed by atoms with E-state index in [1.807, 2.05) is 19.1 Å². The lowest BCUT2D eigenvalue weighted by Crippen LogP contribution is -2.33. The second-order valence-electron chi connectivity index (χ2n) is 9.65. The monoisotopic (exact) mass is 440 g/mol. The summed E-state index contributed by atoms with van der Waals surface area (Å²) in [5.41, 5.74) is 7.11. The Kier molecular flexibility index (Phi) is 7.61. The number of benzene rings is 3. The Balaban J connectivity index is 1.26. The summed E-state index contributed by atoms with van der Waals surface area (Å²) in [6.45, 7) is 9.51. The summed E-state index contributed by atoms with van der Waals surface area (Å²) in [6.07, 6.45) is 3.70. The number of nitrogens with one attached hydrogen (secondary N) is 1. The lowest BCUT2D eigenvalue weighted by molar-refractivity contribution is 0.0940. The van der Waals surface area contributed by atoms with E-state index in [2.05, 4.69) is 84.7 Å². The highest BCUT2D eigenvalue weighted by atomic mass is 16.1. The number of aryl methyl sites for hydroxylation is 2. The molecule has 1 unspecified atom stereocenters. The van der Waals surface area contributed by atoms with Crippen molar-refractivity contribution >= 4 is 5.91 Å². The molecule has 1 N–H and O–H groups in total. The van der Waals surface area contributed by atoms with Crippen LogP contribution < -0.4 is 5.32 Å². The van der Waals surface area contributed by atoms with E-state index in [1.165, 1.54) is 41.5 Å². The molecule has 0 aliphatic carbocycles. The van der Waals surface area contributed by atoms with Gasteiger partial charge in [0.25, 0.3) is 5.91 Å². The standard InChI is InChI=1S/C30H36N2O/c1-22-9-12-29(19-23(22)2)24(3)31-30(33)28-13-10-27(11-14-28)21-32-17-15-26(16-18-32)20-25-7-5-4-6-8-25/h4-14,19,24,26H,15-18,20-21H2,1-3H3,(H,31,33). The van der Waals surface area contributed by atoms with Gasteiger partial charge in [0, 0.05) is 12.1 Å². The molecule has 3 heteroatoms. The molecule has 4 rings (SSSR count). The van der Waals surface area contributed by atoms with E-state index >= 15 is 0 Å². The summed E-state index contributed by atoms with van der Waals surface area (Å²) >= 11 is 0. The van der Waals surface area contributed by atoms with Crippen molar-refractivity contribution in [3.63, 3.8) is 0 Å². The molecule has 0 bridgehead atoms. The first-order valence-electron chi connectivity index (χ1n) is 12.2. The van der Waals surface area contributed by atoms with Crippen LogP contribution in [0.2, 0.25) is 0 Å². The van der Waals surface area contributed by atoms with Crippen molar-refractivity contribution in [1.29, 1.82) is 0 Å². The molecule has 1 aliphatic heterocycles. The first-order valence-corrected chi connectivity index (χ1v) is 12.2. The summed E-state index contributed by atoms with van der Waals surface area (Å²) in [7, 11) is 0. The summed E-state index contributed by atoms with van der Waals surface area (Å²) in [5.74, 6) is 0.767. The Morgan fingerprint density at radius 1 is 0.909 bits per heavy atom. The Labute approximate surface area is 198 Å². The van der Waals surface area contributed by atoms with Crippen molar-refractivity contribution in [2.24, 2.45) is 5.92 Å². The zero-order chi connectivity index (χ0) is 23.2. The van der Waals surface area contributed by atoms with Crippen LogP contribution in [0.1, 0.15) is 64.0 Å². The number of hydrogen-bond donors (Lipinski definition) is 1. The van der Waals surface area contributed by atoms with Gasteiger partial charge in [-0.1, -0.05) is 60.7 Å². The molecule has 0 aromatic heterocycles. The Morgan fingerprint density at radius 3 is 2.27 bits per heavy atom. The molecule has 1 aliphatic rings. The minimum absolute atomic E-state index is 0.0194. The van der Waals surface area contributed by atoms with Crippen molar-refractivity contribution in [3.8, 4) is 0 Å². The highest BCUT2D eigenvalue weighted by Gasteiger charge is 2.20. The van der Waals surface area contributed by atoms with Gasteiger partial charge in [0.15, 0.2) is 0 Å². The molecule has 172 valence electrons. The van der Waals surface area contributed by atoms with E-state index < -0.39 is 0 Å². The van der Waals surface area contributed by atoms with Gasteiger partial charge in [0.1, 0.15) is 0 Å². The fourth-order valence-electron chi connectivity index (χ4n) is 4.71. The highest BCUT2D eigenvalue weighted by molar-refractivity contribution is 5.94. The van der Waals surface area contributed by atoms with Gasteiger partial charge in [-0.15, -0.1) is 0 Å². The van der Waals surface area contributed by atoms with Crippen LogP contribution in [0.5, 0.6) is 0 Å². The molecule has 3 nitrogen and oxygen atoms in total. The number of nitrogens with zero attached hydrogens (tertiary/aromatic N) is 1. The van der Waals surface area contributed by atoms with Crippen molar-refractivity contribution in [2.45, 2.75) is 52.6 Å². The molecule has 3 aromatic rings. The van der Waals surface area contributed by atoms with Crippen LogP contribution in [0.25, 0.3) is 0 Å². The second kappa shape index (κ2) is 10.8. The Bertz CT molecular complexity index is 1050. The molecule has 0 radical (unpaired) electrons. The third-order valence-corrected chi connectivity index (χ3v) is 7.08. The van der Waals surface area contributed by atoms with E-state index in [1.54, 1.807) is 0 Å². The maximum Gasteiger partial charge on any atom is 0.251 e. The van der Waals surface area contributed by atoms with Gasteiger partial charge in [-0.2, -0.15) is 0 Å². The van der Waals surface area contributed by atoms with Crippen LogP contribution in [-0.4, -0.2) is 23.9 Å². The average Bonchev–Trinajstić information content (AvgIpc) is 2.83. The molecule has 0 saturated carbocycles. The molecular weight excluding hydrogens is 404 g/mol. The number of amides is 1. The zero-order valence-corrected chi connectivity index (χ0v) is 20.2. The maximum absolute atomic E-state index is 12.7. The first-order chi connectivity index (χ1) is 16.0. The van der Waals surface area contributed by atoms with Crippen molar-refractivity contribution in [3.05, 3.63) is 106 Å². The van der Waals surface area contributed by atoms with Crippen molar-refractivity contribution in [2.75, 3.05) is 13.1 Å². The Morgan fingerprint density at radius 2 is 1.61 bits per heavy atom.